The van der Waals surface area contributed by atoms with Crippen molar-refractivity contribution >= 4 is 17.6 Å². The molecule has 1 amide bonds. The van der Waals surface area contributed by atoms with Crippen LogP contribution in [-0.4, -0.2) is 25.1 Å². The number of nitrogens with one attached hydrogen (secondary N) is 1. The highest BCUT2D eigenvalue weighted by Crippen LogP contribution is 2.15. The van der Waals surface area contributed by atoms with Gasteiger partial charge in [-0.25, -0.2) is 4.79 Å². The fourth-order valence-electron chi connectivity index (χ4n) is 2.57. The minimum atomic E-state index is -0.340. The summed E-state index contributed by atoms with van der Waals surface area (Å²) in [6.45, 7) is 6.17. The van der Waals surface area contributed by atoms with Gasteiger partial charge in [-0.3, -0.25) is 4.79 Å². The highest BCUT2D eigenvalue weighted by molar-refractivity contribution is 6.04. The standard InChI is InChI=1S/C24H26N2O4/c1-18(2)24(28)30-16-6-4-3-5-15-29-22-13-9-20(10-14-22)23(27)26-21-11-7-19(17-25)8-12-21/h7-14H,1,3-6,15-16H2,2H3,(H,26,27). The summed E-state index contributed by atoms with van der Waals surface area (Å²) in [6, 6.07) is 15.7. The molecule has 2 rings (SSSR count). The molecule has 0 radical (unpaired) electrons. The molecule has 0 fully saturated rings. The first-order valence-electron chi connectivity index (χ1n) is 9.86. The lowest BCUT2D eigenvalue weighted by molar-refractivity contribution is -0.139. The van der Waals surface area contributed by atoms with Crippen LogP contribution in [0.15, 0.2) is 60.7 Å². The number of rotatable bonds is 11. The molecule has 6 heteroatoms. The largest absolute Gasteiger partial charge is 0.494 e. The molecule has 0 aliphatic rings. The van der Waals surface area contributed by atoms with Crippen molar-refractivity contribution in [3.8, 4) is 11.8 Å². The molecule has 0 saturated carbocycles. The molecule has 6 nitrogen and oxygen atoms in total. The lowest BCUT2D eigenvalue weighted by Gasteiger charge is -2.08. The highest BCUT2D eigenvalue weighted by Gasteiger charge is 2.07. The fraction of sp³-hybridized carbons (Fsp3) is 0.292. The number of carbonyl (C=O) groups excluding carboxylic acids is 2. The Morgan fingerprint density at radius 1 is 0.967 bits per heavy atom. The fourth-order valence-corrected chi connectivity index (χ4v) is 2.57. The van der Waals surface area contributed by atoms with Crippen LogP contribution in [0.25, 0.3) is 0 Å². The van der Waals surface area contributed by atoms with Crippen molar-refractivity contribution in [2.75, 3.05) is 18.5 Å². The van der Waals surface area contributed by atoms with E-state index < -0.39 is 0 Å². The average molecular weight is 406 g/mol. The van der Waals surface area contributed by atoms with Crippen LogP contribution in [0, 0.1) is 11.3 Å². The Morgan fingerprint density at radius 2 is 1.60 bits per heavy atom. The van der Waals surface area contributed by atoms with Gasteiger partial charge < -0.3 is 14.8 Å². The number of unbranched alkanes of at least 4 members (excludes halogenated alkanes) is 3. The molecule has 0 spiro atoms. The van der Waals surface area contributed by atoms with E-state index in [-0.39, 0.29) is 11.9 Å². The molecule has 0 aromatic heterocycles. The summed E-state index contributed by atoms with van der Waals surface area (Å²) < 4.78 is 10.7. The zero-order valence-electron chi connectivity index (χ0n) is 17.1. The number of benzene rings is 2. The number of nitriles is 1. The second-order valence-electron chi connectivity index (χ2n) is 6.85. The predicted molar refractivity (Wildman–Crippen MR) is 115 cm³/mol. The molecule has 0 unspecified atom stereocenters. The third-order valence-electron chi connectivity index (χ3n) is 4.28. The van der Waals surface area contributed by atoms with Gasteiger partial charge in [0.15, 0.2) is 0 Å². The Hall–Kier alpha value is -3.59. The minimum Gasteiger partial charge on any atom is -0.494 e. The minimum absolute atomic E-state index is 0.224. The molecule has 0 bridgehead atoms. The summed E-state index contributed by atoms with van der Waals surface area (Å²) in [7, 11) is 0. The molecule has 0 aliphatic heterocycles. The van der Waals surface area contributed by atoms with Crippen molar-refractivity contribution in [3.05, 3.63) is 71.8 Å². The van der Waals surface area contributed by atoms with E-state index in [9.17, 15) is 9.59 Å². The Morgan fingerprint density at radius 3 is 2.20 bits per heavy atom. The number of amides is 1. The van der Waals surface area contributed by atoms with Crippen LogP contribution >= 0.6 is 0 Å². The van der Waals surface area contributed by atoms with E-state index in [1.807, 2.05) is 6.07 Å². The van der Waals surface area contributed by atoms with Crippen LogP contribution in [0.2, 0.25) is 0 Å². The van der Waals surface area contributed by atoms with Crippen molar-refractivity contribution < 1.29 is 19.1 Å². The monoisotopic (exact) mass is 406 g/mol. The summed E-state index contributed by atoms with van der Waals surface area (Å²) in [5.74, 6) is 0.145. The van der Waals surface area contributed by atoms with Gasteiger partial charge >= 0.3 is 5.97 Å². The molecular weight excluding hydrogens is 380 g/mol. The van der Waals surface area contributed by atoms with E-state index in [0.29, 0.717) is 41.4 Å². The SMILES string of the molecule is C=C(C)C(=O)OCCCCCCOc1ccc(C(=O)Nc2ccc(C#N)cc2)cc1. The number of nitrogens with zero attached hydrogens (tertiary/aromatic N) is 1. The lowest BCUT2D eigenvalue weighted by Crippen LogP contribution is -2.11. The summed E-state index contributed by atoms with van der Waals surface area (Å²) in [5.41, 5.74) is 2.12. The molecule has 0 aliphatic carbocycles. The molecule has 1 N–H and O–H groups in total. The van der Waals surface area contributed by atoms with Gasteiger partial charge in [-0.2, -0.15) is 5.26 Å². The van der Waals surface area contributed by atoms with Gasteiger partial charge in [0.2, 0.25) is 0 Å². The number of hydrogen-bond acceptors (Lipinski definition) is 5. The molecule has 156 valence electrons. The van der Waals surface area contributed by atoms with Crippen LogP contribution in [0.4, 0.5) is 5.69 Å². The summed E-state index contributed by atoms with van der Waals surface area (Å²) in [4.78, 5) is 23.5. The number of anilines is 1. The van der Waals surface area contributed by atoms with Gasteiger partial charge in [-0.1, -0.05) is 6.58 Å². The van der Waals surface area contributed by atoms with Gasteiger partial charge in [0.05, 0.1) is 24.8 Å². The van der Waals surface area contributed by atoms with Crippen LogP contribution in [-0.2, 0) is 9.53 Å². The summed E-state index contributed by atoms with van der Waals surface area (Å²) >= 11 is 0. The maximum absolute atomic E-state index is 12.3. The predicted octanol–water partition coefficient (Wildman–Crippen LogP) is 4.87. The van der Waals surface area contributed by atoms with E-state index >= 15 is 0 Å². The number of esters is 1. The van der Waals surface area contributed by atoms with E-state index in [2.05, 4.69) is 11.9 Å². The van der Waals surface area contributed by atoms with Crippen LogP contribution < -0.4 is 10.1 Å². The van der Waals surface area contributed by atoms with Gasteiger partial charge in [-0.05, 0) is 81.1 Å². The molecule has 30 heavy (non-hydrogen) atoms. The molecular formula is C24H26N2O4. The van der Waals surface area contributed by atoms with Crippen LogP contribution in [0.3, 0.4) is 0 Å². The Bertz CT molecular complexity index is 896. The Labute approximate surface area is 177 Å². The number of carbonyl (C=O) groups is 2. The normalized spacial score (nSPS) is 10.0. The Balaban J connectivity index is 1.64. The van der Waals surface area contributed by atoms with Crippen molar-refractivity contribution in [2.24, 2.45) is 0 Å². The smallest absolute Gasteiger partial charge is 0.333 e. The summed E-state index contributed by atoms with van der Waals surface area (Å²) in [6.07, 6.45) is 3.66. The first kappa shape index (κ1) is 22.7. The third-order valence-corrected chi connectivity index (χ3v) is 4.28. The van der Waals surface area contributed by atoms with Gasteiger partial charge in [-0.15, -0.1) is 0 Å². The van der Waals surface area contributed by atoms with Crippen molar-refractivity contribution in [1.82, 2.24) is 0 Å². The van der Waals surface area contributed by atoms with E-state index in [0.717, 1.165) is 25.7 Å². The quantitative estimate of drug-likeness (QED) is 0.327. The topological polar surface area (TPSA) is 88.4 Å². The van der Waals surface area contributed by atoms with E-state index in [4.69, 9.17) is 14.7 Å². The Kier molecular flexibility index (Phi) is 9.14. The molecule has 0 heterocycles. The van der Waals surface area contributed by atoms with Gasteiger partial charge in [0.1, 0.15) is 5.75 Å². The zero-order valence-corrected chi connectivity index (χ0v) is 17.1. The maximum Gasteiger partial charge on any atom is 0.333 e. The van der Waals surface area contributed by atoms with Gasteiger partial charge in [0, 0.05) is 16.8 Å². The van der Waals surface area contributed by atoms with Crippen LogP contribution in [0.1, 0.15) is 48.5 Å². The zero-order chi connectivity index (χ0) is 21.8. The van der Waals surface area contributed by atoms with Crippen LogP contribution in [0.5, 0.6) is 5.75 Å². The van der Waals surface area contributed by atoms with Crippen molar-refractivity contribution in [2.45, 2.75) is 32.6 Å². The second-order valence-corrected chi connectivity index (χ2v) is 6.85. The maximum atomic E-state index is 12.3. The van der Waals surface area contributed by atoms with E-state index in [1.165, 1.54) is 0 Å². The molecule has 0 saturated heterocycles. The third kappa shape index (κ3) is 7.80. The molecule has 2 aromatic rings. The second kappa shape index (κ2) is 12.1. The first-order chi connectivity index (χ1) is 14.5. The molecule has 2 aromatic carbocycles. The molecule has 0 atom stereocenters. The lowest BCUT2D eigenvalue weighted by atomic mass is 10.2. The first-order valence-corrected chi connectivity index (χ1v) is 9.86. The van der Waals surface area contributed by atoms with E-state index in [1.54, 1.807) is 55.5 Å². The number of ether oxygens (including phenoxy) is 2. The highest BCUT2D eigenvalue weighted by atomic mass is 16.5. The van der Waals surface area contributed by atoms with Crippen molar-refractivity contribution in [3.63, 3.8) is 0 Å². The average Bonchev–Trinajstić information content (AvgIpc) is 2.76. The number of hydrogen-bond donors (Lipinski definition) is 1. The van der Waals surface area contributed by atoms with Gasteiger partial charge in [0.25, 0.3) is 5.91 Å². The summed E-state index contributed by atoms with van der Waals surface area (Å²) in [5, 5.41) is 11.6. The van der Waals surface area contributed by atoms with Crippen molar-refractivity contribution in [1.29, 1.82) is 5.26 Å².